The molecule has 0 aliphatic carbocycles. The highest BCUT2D eigenvalue weighted by Gasteiger charge is 2.09. The van der Waals surface area contributed by atoms with Crippen LogP contribution in [0.1, 0.15) is 11.3 Å². The lowest BCUT2D eigenvalue weighted by Crippen LogP contribution is -2.05. The number of hydrogen-bond donors (Lipinski definition) is 1. The average Bonchev–Trinajstić information content (AvgIpc) is 2.47. The predicted molar refractivity (Wildman–Crippen MR) is 78.2 cm³/mol. The number of fused-ring (bicyclic) bond motifs is 1. The van der Waals surface area contributed by atoms with Crippen molar-refractivity contribution in [3.05, 3.63) is 68.6 Å². The fourth-order valence-electron chi connectivity index (χ4n) is 2.03. The van der Waals surface area contributed by atoms with E-state index in [0.717, 1.165) is 17.9 Å². The highest BCUT2D eigenvalue weighted by molar-refractivity contribution is 5.83. The van der Waals surface area contributed by atoms with E-state index in [-0.39, 0.29) is 12.4 Å². The summed E-state index contributed by atoms with van der Waals surface area (Å²) in [4.78, 5) is 22.9. The second-order valence-electron chi connectivity index (χ2n) is 4.81. The number of aryl methyl sites for hydroxylation is 1. The van der Waals surface area contributed by atoms with E-state index in [2.05, 4.69) is 0 Å². The van der Waals surface area contributed by atoms with Crippen molar-refractivity contribution >= 4 is 11.0 Å². The van der Waals surface area contributed by atoms with Gasteiger partial charge in [0.25, 0.3) is 0 Å². The summed E-state index contributed by atoms with van der Waals surface area (Å²) in [7, 11) is 0. The zero-order valence-corrected chi connectivity index (χ0v) is 11.7. The molecule has 112 valence electrons. The molecule has 0 bridgehead atoms. The quantitative estimate of drug-likeness (QED) is 0.747. The molecule has 2 heterocycles. The topological polar surface area (TPSA) is 89.9 Å². The van der Waals surface area contributed by atoms with Gasteiger partial charge in [-0.3, -0.25) is 4.79 Å². The molecule has 2 aromatic heterocycles. The summed E-state index contributed by atoms with van der Waals surface area (Å²) in [5, 5.41) is 9.78. The SMILES string of the molecule is Cc1ccc2c(OCc3cc(=O)c(O)co3)cc(=O)oc2c1. The van der Waals surface area contributed by atoms with Gasteiger partial charge in [0.15, 0.2) is 5.75 Å². The second kappa shape index (κ2) is 5.40. The maximum Gasteiger partial charge on any atom is 0.339 e. The molecule has 0 unspecified atom stereocenters. The van der Waals surface area contributed by atoms with E-state index < -0.39 is 16.8 Å². The van der Waals surface area contributed by atoms with E-state index in [1.807, 2.05) is 13.0 Å². The molecular weight excluding hydrogens is 288 g/mol. The van der Waals surface area contributed by atoms with E-state index in [1.165, 1.54) is 6.07 Å². The minimum absolute atomic E-state index is 0.0536. The average molecular weight is 300 g/mol. The fraction of sp³-hybridized carbons (Fsp3) is 0.125. The lowest BCUT2D eigenvalue weighted by atomic mass is 10.1. The molecule has 3 aromatic rings. The van der Waals surface area contributed by atoms with Crippen LogP contribution >= 0.6 is 0 Å². The van der Waals surface area contributed by atoms with Crippen molar-refractivity contribution in [1.29, 1.82) is 0 Å². The van der Waals surface area contributed by atoms with Crippen LogP contribution in [0.3, 0.4) is 0 Å². The zero-order chi connectivity index (χ0) is 15.7. The van der Waals surface area contributed by atoms with Gasteiger partial charge in [-0.15, -0.1) is 0 Å². The normalized spacial score (nSPS) is 10.8. The third-order valence-corrected chi connectivity index (χ3v) is 3.10. The molecular formula is C16H12O6. The van der Waals surface area contributed by atoms with Crippen LogP contribution in [-0.4, -0.2) is 5.11 Å². The molecule has 22 heavy (non-hydrogen) atoms. The summed E-state index contributed by atoms with van der Waals surface area (Å²) in [6, 6.07) is 7.76. The highest BCUT2D eigenvalue weighted by atomic mass is 16.5. The molecule has 0 saturated heterocycles. The molecule has 6 heteroatoms. The monoisotopic (exact) mass is 300 g/mol. The van der Waals surface area contributed by atoms with Crippen molar-refractivity contribution < 1.29 is 18.7 Å². The van der Waals surface area contributed by atoms with Crippen LogP contribution in [0.5, 0.6) is 11.5 Å². The Hall–Kier alpha value is -3.02. The van der Waals surface area contributed by atoms with E-state index in [1.54, 1.807) is 12.1 Å². The number of benzene rings is 1. The van der Waals surface area contributed by atoms with E-state index in [4.69, 9.17) is 18.7 Å². The summed E-state index contributed by atoms with van der Waals surface area (Å²) >= 11 is 0. The molecule has 0 amide bonds. The largest absolute Gasteiger partial charge is 0.502 e. The molecule has 0 aliphatic heterocycles. The molecule has 0 aliphatic rings. The molecule has 0 fully saturated rings. The Morgan fingerprint density at radius 3 is 2.77 bits per heavy atom. The molecule has 0 radical (unpaired) electrons. The van der Waals surface area contributed by atoms with Crippen LogP contribution in [0, 0.1) is 6.92 Å². The molecule has 0 atom stereocenters. The third kappa shape index (κ3) is 2.71. The maximum atomic E-state index is 11.6. The third-order valence-electron chi connectivity index (χ3n) is 3.10. The van der Waals surface area contributed by atoms with E-state index in [0.29, 0.717) is 16.7 Å². The first-order chi connectivity index (χ1) is 10.5. The van der Waals surface area contributed by atoms with Crippen LogP contribution in [0.15, 0.2) is 55.0 Å². The summed E-state index contributed by atoms with van der Waals surface area (Å²) in [5.41, 5.74) is 0.296. The van der Waals surface area contributed by atoms with Gasteiger partial charge in [0.05, 0.1) is 11.5 Å². The van der Waals surface area contributed by atoms with Gasteiger partial charge < -0.3 is 18.7 Å². The maximum absolute atomic E-state index is 11.6. The number of rotatable bonds is 3. The Labute approximate surface area is 124 Å². The zero-order valence-electron chi connectivity index (χ0n) is 11.7. The molecule has 1 aromatic carbocycles. The molecule has 0 saturated carbocycles. The van der Waals surface area contributed by atoms with Gasteiger partial charge in [0, 0.05) is 6.07 Å². The first-order valence-electron chi connectivity index (χ1n) is 6.51. The summed E-state index contributed by atoms with van der Waals surface area (Å²) in [6.07, 6.45) is 0.946. The Morgan fingerprint density at radius 2 is 2.00 bits per heavy atom. The Balaban J connectivity index is 1.95. The molecule has 3 rings (SSSR count). The van der Waals surface area contributed by atoms with Gasteiger partial charge in [-0.2, -0.15) is 0 Å². The summed E-state index contributed by atoms with van der Waals surface area (Å²) < 4.78 is 15.7. The highest BCUT2D eigenvalue weighted by Crippen LogP contribution is 2.25. The minimum atomic E-state index is -0.557. The van der Waals surface area contributed by atoms with Crippen LogP contribution in [0.25, 0.3) is 11.0 Å². The predicted octanol–water partition coefficient (Wildman–Crippen LogP) is 2.34. The van der Waals surface area contributed by atoms with Gasteiger partial charge >= 0.3 is 5.63 Å². The number of hydrogen-bond acceptors (Lipinski definition) is 6. The van der Waals surface area contributed by atoms with Gasteiger partial charge in [-0.1, -0.05) is 6.07 Å². The first-order valence-corrected chi connectivity index (χ1v) is 6.51. The Kier molecular flexibility index (Phi) is 3.42. The lowest BCUT2D eigenvalue weighted by Gasteiger charge is -2.08. The van der Waals surface area contributed by atoms with Crippen LogP contribution in [0.4, 0.5) is 0 Å². The minimum Gasteiger partial charge on any atom is -0.502 e. The number of aromatic hydroxyl groups is 1. The standard InChI is InChI=1S/C16H12O6/c1-9-2-3-11-14(6-16(19)22-15(11)4-9)21-7-10-5-12(17)13(18)8-20-10/h2-6,8,18H,7H2,1H3. The summed E-state index contributed by atoms with van der Waals surface area (Å²) in [5.74, 6) is 0.100. The molecule has 0 spiro atoms. The van der Waals surface area contributed by atoms with Crippen molar-refractivity contribution in [3.63, 3.8) is 0 Å². The molecule has 6 nitrogen and oxygen atoms in total. The van der Waals surface area contributed by atoms with Crippen molar-refractivity contribution in [1.82, 2.24) is 0 Å². The molecule has 1 N–H and O–H groups in total. The summed E-state index contributed by atoms with van der Waals surface area (Å²) in [6.45, 7) is 1.83. The Morgan fingerprint density at radius 1 is 1.18 bits per heavy atom. The first kappa shape index (κ1) is 13.9. The van der Waals surface area contributed by atoms with E-state index in [9.17, 15) is 9.59 Å². The van der Waals surface area contributed by atoms with Gasteiger partial charge in [-0.05, 0) is 24.6 Å². The second-order valence-corrected chi connectivity index (χ2v) is 4.81. The smallest absolute Gasteiger partial charge is 0.339 e. The van der Waals surface area contributed by atoms with Gasteiger partial charge in [0.2, 0.25) is 5.43 Å². The van der Waals surface area contributed by atoms with Crippen molar-refractivity contribution in [2.45, 2.75) is 13.5 Å². The van der Waals surface area contributed by atoms with Crippen molar-refractivity contribution in [2.75, 3.05) is 0 Å². The van der Waals surface area contributed by atoms with E-state index >= 15 is 0 Å². The van der Waals surface area contributed by atoms with Crippen LogP contribution in [-0.2, 0) is 6.61 Å². The van der Waals surface area contributed by atoms with Crippen LogP contribution < -0.4 is 15.8 Å². The fourth-order valence-corrected chi connectivity index (χ4v) is 2.03. The van der Waals surface area contributed by atoms with Crippen molar-refractivity contribution in [3.8, 4) is 11.5 Å². The van der Waals surface area contributed by atoms with Gasteiger partial charge in [-0.25, -0.2) is 4.79 Å². The number of ether oxygens (including phenoxy) is 1. The van der Waals surface area contributed by atoms with Crippen LogP contribution in [0.2, 0.25) is 0 Å². The van der Waals surface area contributed by atoms with Crippen molar-refractivity contribution in [2.24, 2.45) is 0 Å². The van der Waals surface area contributed by atoms with Gasteiger partial charge in [0.1, 0.15) is 30.0 Å². The Bertz CT molecular complexity index is 951. The lowest BCUT2D eigenvalue weighted by molar-refractivity contribution is 0.264.